The van der Waals surface area contributed by atoms with Crippen LogP contribution >= 0.6 is 0 Å². The van der Waals surface area contributed by atoms with Crippen molar-refractivity contribution >= 4 is 21.4 Å². The molecule has 0 aromatic heterocycles. The second-order valence-electron chi connectivity index (χ2n) is 6.39. The summed E-state index contributed by atoms with van der Waals surface area (Å²) in [4.78, 5) is 10.7. The van der Waals surface area contributed by atoms with Crippen LogP contribution in [0.5, 0.6) is 0 Å². The van der Waals surface area contributed by atoms with Gasteiger partial charge in [0.05, 0.1) is 16.4 Å². The molecule has 2 rings (SSSR count). The first-order valence-corrected chi connectivity index (χ1v) is 9.88. The Kier molecular flexibility index (Phi) is 6.74. The lowest BCUT2D eigenvalue weighted by atomic mass is 9.95. The molecule has 1 fully saturated rings. The zero-order valence-electron chi connectivity index (χ0n) is 14.5. The van der Waals surface area contributed by atoms with Crippen molar-refractivity contribution in [3.05, 3.63) is 28.3 Å². The summed E-state index contributed by atoms with van der Waals surface area (Å²) in [5.74, 6) is 0. The highest BCUT2D eigenvalue weighted by Crippen LogP contribution is 2.30. The van der Waals surface area contributed by atoms with Crippen molar-refractivity contribution < 1.29 is 18.1 Å². The second kappa shape index (κ2) is 8.59. The van der Waals surface area contributed by atoms with Gasteiger partial charge in [-0.3, -0.25) is 10.1 Å². The third-order valence-corrected chi connectivity index (χ3v) is 5.80. The van der Waals surface area contributed by atoms with Gasteiger partial charge in [-0.2, -0.15) is 0 Å². The minimum atomic E-state index is -3.85. The number of nitro groups is 1. The Morgan fingerprint density at radius 3 is 2.60 bits per heavy atom. The van der Waals surface area contributed by atoms with E-state index in [1.165, 1.54) is 25.7 Å². The van der Waals surface area contributed by atoms with Gasteiger partial charge in [0.1, 0.15) is 5.69 Å². The number of rotatable bonds is 8. The Bertz CT molecular complexity index is 702. The summed E-state index contributed by atoms with van der Waals surface area (Å²) in [6.45, 7) is 1.87. The highest BCUT2D eigenvalue weighted by Gasteiger charge is 2.24. The van der Waals surface area contributed by atoms with Gasteiger partial charge in [-0.1, -0.05) is 19.3 Å². The Balaban J connectivity index is 2.23. The van der Waals surface area contributed by atoms with E-state index in [1.54, 1.807) is 6.92 Å². The number of hydrogen-bond donors (Lipinski definition) is 2. The topological polar surface area (TPSA) is 111 Å². The third-order valence-electron chi connectivity index (χ3n) is 4.21. The van der Waals surface area contributed by atoms with Gasteiger partial charge in [0.2, 0.25) is 10.0 Å². The van der Waals surface area contributed by atoms with Crippen molar-refractivity contribution in [3.63, 3.8) is 0 Å². The van der Waals surface area contributed by atoms with E-state index in [9.17, 15) is 18.5 Å². The first-order valence-electron chi connectivity index (χ1n) is 8.39. The smallest absolute Gasteiger partial charge is 0.293 e. The molecule has 1 atom stereocenters. The zero-order chi connectivity index (χ0) is 18.4. The number of sulfonamides is 1. The average Bonchev–Trinajstić information content (AvgIpc) is 2.55. The molecule has 0 spiro atoms. The van der Waals surface area contributed by atoms with Crippen LogP contribution in [0.2, 0.25) is 0 Å². The van der Waals surface area contributed by atoms with Gasteiger partial charge in [0.25, 0.3) is 5.69 Å². The number of ether oxygens (including phenoxy) is 1. The third kappa shape index (κ3) is 5.38. The van der Waals surface area contributed by atoms with Crippen molar-refractivity contribution in [2.45, 2.75) is 56.0 Å². The van der Waals surface area contributed by atoms with Crippen LogP contribution < -0.4 is 10.0 Å². The molecule has 1 aliphatic carbocycles. The van der Waals surface area contributed by atoms with Crippen LogP contribution in [0.4, 0.5) is 11.4 Å². The number of nitrogens with one attached hydrogen (secondary N) is 2. The van der Waals surface area contributed by atoms with Crippen molar-refractivity contribution in [2.24, 2.45) is 0 Å². The fraction of sp³-hybridized carbons (Fsp3) is 0.625. The molecule has 0 bridgehead atoms. The van der Waals surface area contributed by atoms with E-state index in [2.05, 4.69) is 10.0 Å². The summed E-state index contributed by atoms with van der Waals surface area (Å²) in [7, 11) is -2.38. The summed E-state index contributed by atoms with van der Waals surface area (Å²) in [5, 5.41) is 14.6. The Hall–Kier alpha value is -1.71. The van der Waals surface area contributed by atoms with Gasteiger partial charge in [-0.05, 0) is 31.9 Å². The summed E-state index contributed by atoms with van der Waals surface area (Å²) in [5.41, 5.74) is 0.133. The normalized spacial score (nSPS) is 17.2. The molecule has 8 nitrogen and oxygen atoms in total. The lowest BCUT2D eigenvalue weighted by Gasteiger charge is -2.23. The molecule has 140 valence electrons. The average molecular weight is 371 g/mol. The molecule has 0 radical (unpaired) electrons. The molecule has 25 heavy (non-hydrogen) atoms. The monoisotopic (exact) mass is 371 g/mol. The Morgan fingerprint density at radius 2 is 2.00 bits per heavy atom. The molecule has 0 heterocycles. The number of methoxy groups -OCH3 is 1. The van der Waals surface area contributed by atoms with E-state index >= 15 is 0 Å². The van der Waals surface area contributed by atoms with Crippen LogP contribution in [0.25, 0.3) is 0 Å². The van der Waals surface area contributed by atoms with Gasteiger partial charge < -0.3 is 10.1 Å². The lowest BCUT2D eigenvalue weighted by molar-refractivity contribution is -0.384. The van der Waals surface area contributed by atoms with Gasteiger partial charge in [0, 0.05) is 25.3 Å². The fourth-order valence-corrected chi connectivity index (χ4v) is 4.28. The first kappa shape index (κ1) is 19.6. The molecular weight excluding hydrogens is 346 g/mol. The van der Waals surface area contributed by atoms with Crippen LogP contribution in [0.3, 0.4) is 0 Å². The van der Waals surface area contributed by atoms with Crippen molar-refractivity contribution in [1.29, 1.82) is 0 Å². The van der Waals surface area contributed by atoms with E-state index in [4.69, 9.17) is 4.74 Å². The maximum absolute atomic E-state index is 12.4. The van der Waals surface area contributed by atoms with Crippen LogP contribution in [-0.4, -0.2) is 39.1 Å². The van der Waals surface area contributed by atoms with Crippen LogP contribution in [-0.2, 0) is 14.8 Å². The van der Waals surface area contributed by atoms with E-state index < -0.39 is 21.0 Å². The number of hydrogen-bond acceptors (Lipinski definition) is 6. The van der Waals surface area contributed by atoms with E-state index in [0.717, 1.165) is 31.7 Å². The summed E-state index contributed by atoms with van der Waals surface area (Å²) >= 11 is 0. The Morgan fingerprint density at radius 1 is 1.32 bits per heavy atom. The SMILES string of the molecule is COC[C@H](C)NS(=O)(=O)c1ccc(NC2CCCCC2)c([N+](=O)[O-])c1. The molecule has 0 unspecified atom stereocenters. The van der Waals surface area contributed by atoms with Gasteiger partial charge in [-0.25, -0.2) is 13.1 Å². The van der Waals surface area contributed by atoms with Crippen molar-refractivity contribution in [2.75, 3.05) is 19.0 Å². The van der Waals surface area contributed by atoms with Crippen LogP contribution in [0.15, 0.2) is 23.1 Å². The van der Waals surface area contributed by atoms with E-state index in [-0.39, 0.29) is 23.2 Å². The number of benzene rings is 1. The predicted molar refractivity (Wildman–Crippen MR) is 95.3 cm³/mol. The molecule has 1 saturated carbocycles. The number of nitro benzene ring substituents is 1. The fourth-order valence-electron chi connectivity index (χ4n) is 3.04. The predicted octanol–water partition coefficient (Wildman–Crippen LogP) is 2.65. The van der Waals surface area contributed by atoms with Gasteiger partial charge in [0.15, 0.2) is 0 Å². The number of nitrogens with zero attached hydrogens (tertiary/aromatic N) is 1. The minimum absolute atomic E-state index is 0.128. The summed E-state index contributed by atoms with van der Waals surface area (Å²) in [6, 6.07) is 3.72. The van der Waals surface area contributed by atoms with Crippen molar-refractivity contribution in [1.82, 2.24) is 4.72 Å². The Labute approximate surface area is 148 Å². The molecule has 0 saturated heterocycles. The van der Waals surface area contributed by atoms with Crippen molar-refractivity contribution in [3.8, 4) is 0 Å². The summed E-state index contributed by atoms with van der Waals surface area (Å²) in [6.07, 6.45) is 5.31. The molecule has 1 aromatic carbocycles. The largest absolute Gasteiger partial charge is 0.383 e. The highest BCUT2D eigenvalue weighted by atomic mass is 32.2. The first-order chi connectivity index (χ1) is 11.8. The number of anilines is 1. The standard InChI is InChI=1S/C16H25N3O5S/c1-12(11-24-2)18-25(22,23)14-8-9-15(16(10-14)19(20)21)17-13-6-4-3-5-7-13/h8-10,12-13,17-18H,3-7,11H2,1-2H3/t12-/m0/s1. The molecule has 9 heteroatoms. The van der Waals surface area contributed by atoms with E-state index in [0.29, 0.717) is 5.69 Å². The molecular formula is C16H25N3O5S. The van der Waals surface area contributed by atoms with Gasteiger partial charge >= 0.3 is 0 Å². The highest BCUT2D eigenvalue weighted by molar-refractivity contribution is 7.89. The molecule has 1 aromatic rings. The van der Waals surface area contributed by atoms with Gasteiger partial charge in [-0.15, -0.1) is 0 Å². The van der Waals surface area contributed by atoms with Crippen LogP contribution in [0.1, 0.15) is 39.0 Å². The second-order valence-corrected chi connectivity index (χ2v) is 8.11. The molecule has 0 amide bonds. The molecule has 2 N–H and O–H groups in total. The summed E-state index contributed by atoms with van der Waals surface area (Å²) < 4.78 is 32.1. The van der Waals surface area contributed by atoms with E-state index in [1.807, 2.05) is 0 Å². The maximum atomic E-state index is 12.4. The maximum Gasteiger partial charge on any atom is 0.293 e. The quantitative estimate of drug-likeness (QED) is 0.537. The van der Waals surface area contributed by atoms with Crippen LogP contribution in [0, 0.1) is 10.1 Å². The zero-order valence-corrected chi connectivity index (χ0v) is 15.3. The molecule has 1 aliphatic rings. The molecule has 0 aliphatic heterocycles. The minimum Gasteiger partial charge on any atom is -0.383 e. The lowest BCUT2D eigenvalue weighted by Crippen LogP contribution is -2.35.